The van der Waals surface area contributed by atoms with Crippen LogP contribution in [0.1, 0.15) is 32.6 Å². The van der Waals surface area contributed by atoms with Crippen molar-refractivity contribution in [2.24, 2.45) is 5.73 Å². The SMILES string of the molecule is CCCCCC(O)C(N)CO.Cl. The highest BCUT2D eigenvalue weighted by atomic mass is 35.5. The minimum absolute atomic E-state index is 0. The highest BCUT2D eigenvalue weighted by Gasteiger charge is 2.11. The fourth-order valence-corrected chi connectivity index (χ4v) is 0.939. The van der Waals surface area contributed by atoms with Gasteiger partial charge in [0, 0.05) is 0 Å². The fraction of sp³-hybridized carbons (Fsp3) is 1.00. The first-order valence-electron chi connectivity index (χ1n) is 4.26. The Morgan fingerprint density at radius 1 is 1.33 bits per heavy atom. The zero-order valence-corrected chi connectivity index (χ0v) is 8.39. The van der Waals surface area contributed by atoms with E-state index < -0.39 is 12.1 Å². The topological polar surface area (TPSA) is 66.5 Å². The minimum atomic E-state index is -0.536. The first kappa shape index (κ1) is 14.7. The van der Waals surface area contributed by atoms with Crippen LogP contribution >= 0.6 is 12.4 Å². The van der Waals surface area contributed by atoms with Crippen molar-refractivity contribution in [3.05, 3.63) is 0 Å². The second-order valence-electron chi connectivity index (χ2n) is 2.91. The van der Waals surface area contributed by atoms with E-state index >= 15 is 0 Å². The van der Waals surface area contributed by atoms with E-state index in [-0.39, 0.29) is 19.0 Å². The Morgan fingerprint density at radius 3 is 2.33 bits per heavy atom. The zero-order chi connectivity index (χ0) is 8.69. The minimum Gasteiger partial charge on any atom is -0.395 e. The van der Waals surface area contributed by atoms with Gasteiger partial charge in [-0.05, 0) is 6.42 Å². The summed E-state index contributed by atoms with van der Waals surface area (Å²) in [5, 5.41) is 17.8. The number of unbranched alkanes of at least 4 members (excludes halogenated alkanes) is 2. The highest BCUT2D eigenvalue weighted by Crippen LogP contribution is 2.04. The predicted octanol–water partition coefficient (Wildman–Crippen LogP) is 0.669. The molecule has 76 valence electrons. The van der Waals surface area contributed by atoms with Crippen molar-refractivity contribution in [3.8, 4) is 0 Å². The third-order valence-corrected chi connectivity index (χ3v) is 1.81. The molecule has 0 aromatic carbocycles. The molecule has 0 aliphatic carbocycles. The number of aliphatic hydroxyl groups is 2. The summed E-state index contributed by atoms with van der Waals surface area (Å²) in [7, 11) is 0. The summed E-state index contributed by atoms with van der Waals surface area (Å²) < 4.78 is 0. The van der Waals surface area contributed by atoms with Crippen molar-refractivity contribution in [1.29, 1.82) is 0 Å². The Morgan fingerprint density at radius 2 is 1.92 bits per heavy atom. The van der Waals surface area contributed by atoms with Crippen LogP contribution in [0.15, 0.2) is 0 Å². The van der Waals surface area contributed by atoms with Crippen molar-refractivity contribution in [1.82, 2.24) is 0 Å². The lowest BCUT2D eigenvalue weighted by atomic mass is 10.1. The molecule has 4 heteroatoms. The molecule has 12 heavy (non-hydrogen) atoms. The molecule has 0 bridgehead atoms. The van der Waals surface area contributed by atoms with E-state index in [9.17, 15) is 5.11 Å². The molecule has 0 fully saturated rings. The van der Waals surface area contributed by atoms with Crippen molar-refractivity contribution < 1.29 is 10.2 Å². The Bertz CT molecular complexity index is 93.1. The van der Waals surface area contributed by atoms with E-state index in [2.05, 4.69) is 6.92 Å². The quantitative estimate of drug-likeness (QED) is 0.549. The molecule has 0 aromatic heterocycles. The lowest BCUT2D eigenvalue weighted by molar-refractivity contribution is 0.0991. The van der Waals surface area contributed by atoms with Gasteiger partial charge in [0.1, 0.15) is 0 Å². The second-order valence-corrected chi connectivity index (χ2v) is 2.91. The molecule has 0 aliphatic heterocycles. The monoisotopic (exact) mass is 197 g/mol. The van der Waals surface area contributed by atoms with Crippen LogP contribution in [0.2, 0.25) is 0 Å². The maximum Gasteiger partial charge on any atom is 0.0713 e. The molecule has 0 radical (unpaired) electrons. The standard InChI is InChI=1S/C8H19NO2.ClH/c1-2-3-4-5-8(11)7(9)6-10;/h7-8,10-11H,2-6,9H2,1H3;1H. The van der Waals surface area contributed by atoms with Gasteiger partial charge in [0.15, 0.2) is 0 Å². The molecule has 0 amide bonds. The van der Waals surface area contributed by atoms with Gasteiger partial charge in [0.25, 0.3) is 0 Å². The molecular formula is C8H20ClNO2. The molecule has 0 heterocycles. The van der Waals surface area contributed by atoms with Crippen LogP contribution in [0.4, 0.5) is 0 Å². The molecule has 0 spiro atoms. The van der Waals surface area contributed by atoms with E-state index in [1.165, 1.54) is 0 Å². The van der Waals surface area contributed by atoms with Crippen molar-refractivity contribution in [2.45, 2.75) is 44.8 Å². The number of hydrogen-bond acceptors (Lipinski definition) is 3. The van der Waals surface area contributed by atoms with E-state index in [1.54, 1.807) is 0 Å². The highest BCUT2D eigenvalue weighted by molar-refractivity contribution is 5.85. The normalized spacial score (nSPS) is 15.0. The van der Waals surface area contributed by atoms with Crippen molar-refractivity contribution in [2.75, 3.05) is 6.61 Å². The molecule has 0 aliphatic rings. The third-order valence-electron chi connectivity index (χ3n) is 1.81. The Balaban J connectivity index is 0. The van der Waals surface area contributed by atoms with Crippen LogP contribution in [-0.2, 0) is 0 Å². The summed E-state index contributed by atoms with van der Waals surface area (Å²) >= 11 is 0. The molecule has 0 saturated heterocycles. The summed E-state index contributed by atoms with van der Waals surface area (Å²) in [6, 6.07) is -0.466. The number of halogens is 1. The number of aliphatic hydroxyl groups excluding tert-OH is 2. The smallest absolute Gasteiger partial charge is 0.0713 e. The van der Waals surface area contributed by atoms with Crippen LogP contribution in [-0.4, -0.2) is 29.0 Å². The van der Waals surface area contributed by atoms with Crippen LogP contribution in [0, 0.1) is 0 Å². The Labute approximate surface area is 80.4 Å². The van der Waals surface area contributed by atoms with E-state index in [0.717, 1.165) is 19.3 Å². The Hall–Kier alpha value is 0.170. The van der Waals surface area contributed by atoms with Crippen LogP contribution in [0.3, 0.4) is 0 Å². The maximum absolute atomic E-state index is 9.26. The summed E-state index contributed by atoms with van der Waals surface area (Å²) in [5.74, 6) is 0. The van der Waals surface area contributed by atoms with Gasteiger partial charge in [-0.2, -0.15) is 0 Å². The maximum atomic E-state index is 9.26. The van der Waals surface area contributed by atoms with Gasteiger partial charge in [-0.3, -0.25) is 0 Å². The molecule has 4 N–H and O–H groups in total. The fourth-order valence-electron chi connectivity index (χ4n) is 0.939. The first-order chi connectivity index (χ1) is 5.22. The lowest BCUT2D eigenvalue weighted by Crippen LogP contribution is -2.37. The molecule has 3 nitrogen and oxygen atoms in total. The largest absolute Gasteiger partial charge is 0.395 e. The van der Waals surface area contributed by atoms with Crippen molar-refractivity contribution in [3.63, 3.8) is 0 Å². The second kappa shape index (κ2) is 9.26. The average Bonchev–Trinajstić information content (AvgIpc) is 2.03. The lowest BCUT2D eigenvalue weighted by Gasteiger charge is -2.15. The average molecular weight is 198 g/mol. The Kier molecular flexibility index (Phi) is 11.3. The summed E-state index contributed by atoms with van der Waals surface area (Å²) in [5.41, 5.74) is 5.40. The third kappa shape index (κ3) is 6.85. The number of nitrogens with two attached hydrogens (primary N) is 1. The van der Waals surface area contributed by atoms with Gasteiger partial charge in [-0.25, -0.2) is 0 Å². The molecule has 2 atom stereocenters. The number of rotatable bonds is 6. The summed E-state index contributed by atoms with van der Waals surface area (Å²) in [6.07, 6.45) is 3.42. The van der Waals surface area contributed by atoms with Gasteiger partial charge >= 0.3 is 0 Å². The summed E-state index contributed by atoms with van der Waals surface area (Å²) in [6.45, 7) is 1.98. The van der Waals surface area contributed by atoms with Crippen LogP contribution in [0.25, 0.3) is 0 Å². The van der Waals surface area contributed by atoms with Gasteiger partial charge in [0.2, 0.25) is 0 Å². The molecule has 0 aromatic rings. The zero-order valence-electron chi connectivity index (χ0n) is 7.57. The van der Waals surface area contributed by atoms with Gasteiger partial charge < -0.3 is 15.9 Å². The van der Waals surface area contributed by atoms with Gasteiger partial charge in [0.05, 0.1) is 18.8 Å². The predicted molar refractivity (Wildman–Crippen MR) is 52.5 cm³/mol. The molecule has 0 rings (SSSR count). The van der Waals surface area contributed by atoms with E-state index in [1.807, 2.05) is 0 Å². The molecule has 2 unspecified atom stereocenters. The molecule has 0 saturated carbocycles. The van der Waals surface area contributed by atoms with E-state index in [0.29, 0.717) is 6.42 Å². The van der Waals surface area contributed by atoms with Crippen LogP contribution < -0.4 is 5.73 Å². The van der Waals surface area contributed by atoms with Gasteiger partial charge in [-0.15, -0.1) is 12.4 Å². The van der Waals surface area contributed by atoms with Crippen LogP contribution in [0.5, 0.6) is 0 Å². The van der Waals surface area contributed by atoms with E-state index in [4.69, 9.17) is 10.8 Å². The molecular weight excluding hydrogens is 178 g/mol. The first-order valence-corrected chi connectivity index (χ1v) is 4.26. The summed E-state index contributed by atoms with van der Waals surface area (Å²) in [4.78, 5) is 0. The van der Waals surface area contributed by atoms with Crippen molar-refractivity contribution >= 4 is 12.4 Å². The van der Waals surface area contributed by atoms with Gasteiger partial charge in [-0.1, -0.05) is 26.2 Å². The number of hydrogen-bond donors (Lipinski definition) is 3.